The summed E-state index contributed by atoms with van der Waals surface area (Å²) in [4.78, 5) is 34.6. The third-order valence-corrected chi connectivity index (χ3v) is 8.83. The second-order valence-corrected chi connectivity index (χ2v) is 11.6. The molecule has 2 amide bonds. The minimum absolute atomic E-state index is 0.214. The quantitative estimate of drug-likeness (QED) is 0.226. The number of esters is 1. The summed E-state index contributed by atoms with van der Waals surface area (Å²) in [6.07, 6.45) is 3.57. The lowest BCUT2D eigenvalue weighted by Gasteiger charge is -2.34. The van der Waals surface area contributed by atoms with Crippen LogP contribution in [0.15, 0.2) is 79.1 Å². The Morgan fingerprint density at radius 2 is 1.74 bits per heavy atom. The van der Waals surface area contributed by atoms with Crippen LogP contribution in [0.1, 0.15) is 22.6 Å². The zero-order valence-electron chi connectivity index (χ0n) is 22.7. The number of anilines is 2. The zero-order chi connectivity index (χ0) is 29.4. The maximum Gasteiger partial charge on any atom is 0.326 e. The van der Waals surface area contributed by atoms with Gasteiger partial charge in [0.15, 0.2) is 0 Å². The van der Waals surface area contributed by atoms with Crippen molar-refractivity contribution >= 4 is 58.2 Å². The number of aromatic nitrogens is 1. The molecule has 0 aliphatic carbocycles. The molecule has 2 unspecified atom stereocenters. The number of nitrogens with one attached hydrogen (secondary N) is 1. The Bertz CT molecular complexity index is 1650. The van der Waals surface area contributed by atoms with Crippen LogP contribution >= 0.6 is 34.8 Å². The first kappa shape index (κ1) is 28.5. The van der Waals surface area contributed by atoms with Gasteiger partial charge < -0.3 is 10.1 Å². The van der Waals surface area contributed by atoms with Gasteiger partial charge in [0, 0.05) is 60.6 Å². The first-order valence-corrected chi connectivity index (χ1v) is 14.6. The Morgan fingerprint density at radius 3 is 2.45 bits per heavy atom. The van der Waals surface area contributed by atoms with Crippen LogP contribution in [0, 0.1) is 5.92 Å². The van der Waals surface area contributed by atoms with Gasteiger partial charge >= 0.3 is 12.0 Å². The monoisotopic (exact) mass is 620 g/mol. The summed E-state index contributed by atoms with van der Waals surface area (Å²) in [7, 11) is 1.41. The number of amides is 2. The number of carbonyl (C=O) groups is 2. The van der Waals surface area contributed by atoms with Crippen LogP contribution in [0.4, 0.5) is 16.2 Å². The molecule has 2 aliphatic rings. The van der Waals surface area contributed by atoms with Crippen LogP contribution in [0.25, 0.3) is 11.1 Å². The first-order chi connectivity index (χ1) is 20.4. The summed E-state index contributed by atoms with van der Waals surface area (Å²) in [5.74, 6) is -0.915. The molecule has 0 spiro atoms. The van der Waals surface area contributed by atoms with Crippen molar-refractivity contribution in [3.05, 3.63) is 111 Å². The summed E-state index contributed by atoms with van der Waals surface area (Å²) in [6, 6.07) is 20.3. The smallest absolute Gasteiger partial charge is 0.326 e. The van der Waals surface area contributed by atoms with Gasteiger partial charge in [0.2, 0.25) is 0 Å². The molecule has 1 saturated heterocycles. The van der Waals surface area contributed by atoms with E-state index in [1.165, 1.54) is 12.0 Å². The van der Waals surface area contributed by atoms with E-state index in [0.29, 0.717) is 46.1 Å². The molecular weight excluding hydrogens is 595 g/mol. The highest BCUT2D eigenvalue weighted by molar-refractivity contribution is 6.40. The number of carbonyl (C=O) groups excluding carboxylic acids is 2. The number of hydrogen-bond acceptors (Lipinski definition) is 5. The van der Waals surface area contributed by atoms with Crippen molar-refractivity contribution in [2.24, 2.45) is 5.92 Å². The molecule has 0 bridgehead atoms. The number of ether oxygens (including phenoxy) is 1. The highest BCUT2D eigenvalue weighted by Crippen LogP contribution is 2.47. The van der Waals surface area contributed by atoms with E-state index in [2.05, 4.69) is 21.3 Å². The van der Waals surface area contributed by atoms with Crippen molar-refractivity contribution < 1.29 is 14.3 Å². The molecule has 3 heterocycles. The summed E-state index contributed by atoms with van der Waals surface area (Å²) in [5, 5.41) is 4.22. The number of nitrogens with zero attached hydrogens (tertiary/aromatic N) is 3. The van der Waals surface area contributed by atoms with E-state index in [-0.39, 0.29) is 24.5 Å². The molecule has 1 N–H and O–H groups in total. The average Bonchev–Trinajstić information content (AvgIpc) is 3.41. The number of methoxy groups -OCH3 is 1. The van der Waals surface area contributed by atoms with E-state index < -0.39 is 5.92 Å². The van der Waals surface area contributed by atoms with Gasteiger partial charge in [-0.1, -0.05) is 71.2 Å². The van der Waals surface area contributed by atoms with Crippen molar-refractivity contribution in [1.29, 1.82) is 0 Å². The number of fused-ring (bicyclic) bond motifs is 1. The molecule has 214 valence electrons. The third-order valence-electron chi connectivity index (χ3n) is 7.89. The number of pyridine rings is 1. The number of benzene rings is 3. The fourth-order valence-corrected chi connectivity index (χ4v) is 6.77. The molecule has 2 atom stereocenters. The van der Waals surface area contributed by atoms with Crippen LogP contribution < -0.4 is 10.2 Å². The van der Waals surface area contributed by atoms with E-state index in [9.17, 15) is 9.59 Å². The standard InChI is InChI=1S/C32H27Cl3N4O3/c1-42-31(40)25-18-38(16-19-6-5-11-36-14-19)17-24(25)20-12-22(21-7-2-3-8-26(21)33)23-15-37-32(41)39(29(23)13-20)30-27(34)9-4-10-28(30)35/h2-14,24-25H,15-18H2,1H3,(H,37,41). The van der Waals surface area contributed by atoms with Crippen molar-refractivity contribution in [2.75, 3.05) is 25.1 Å². The molecule has 1 fully saturated rings. The zero-order valence-corrected chi connectivity index (χ0v) is 25.0. The van der Waals surface area contributed by atoms with E-state index in [1.54, 1.807) is 24.4 Å². The second kappa shape index (κ2) is 11.9. The van der Waals surface area contributed by atoms with Crippen LogP contribution in [0.2, 0.25) is 15.1 Å². The van der Waals surface area contributed by atoms with Crippen LogP contribution in [-0.4, -0.2) is 42.1 Å². The second-order valence-electron chi connectivity index (χ2n) is 10.4. The minimum Gasteiger partial charge on any atom is -0.469 e. The first-order valence-electron chi connectivity index (χ1n) is 13.5. The van der Waals surface area contributed by atoms with E-state index in [0.717, 1.165) is 27.8 Å². The predicted molar refractivity (Wildman–Crippen MR) is 165 cm³/mol. The molecule has 4 aromatic rings. The van der Waals surface area contributed by atoms with E-state index >= 15 is 0 Å². The number of hydrogen-bond donors (Lipinski definition) is 1. The van der Waals surface area contributed by atoms with Crippen molar-refractivity contribution in [3.63, 3.8) is 0 Å². The summed E-state index contributed by atoms with van der Waals surface area (Å²) in [6.45, 7) is 2.05. The predicted octanol–water partition coefficient (Wildman–Crippen LogP) is 7.46. The topological polar surface area (TPSA) is 74.8 Å². The lowest BCUT2D eigenvalue weighted by molar-refractivity contribution is -0.145. The molecule has 6 rings (SSSR count). The highest BCUT2D eigenvalue weighted by Gasteiger charge is 2.41. The fraction of sp³-hybridized carbons (Fsp3) is 0.219. The molecule has 3 aromatic carbocycles. The molecule has 10 heteroatoms. The number of para-hydroxylation sites is 1. The molecule has 2 aliphatic heterocycles. The van der Waals surface area contributed by atoms with Gasteiger partial charge in [0.1, 0.15) is 0 Å². The third kappa shape index (κ3) is 5.34. The van der Waals surface area contributed by atoms with Gasteiger partial charge in [-0.2, -0.15) is 0 Å². The molecule has 7 nitrogen and oxygen atoms in total. The maximum atomic E-state index is 13.5. The van der Waals surface area contributed by atoms with Crippen molar-refractivity contribution in [1.82, 2.24) is 15.2 Å². The largest absolute Gasteiger partial charge is 0.469 e. The summed E-state index contributed by atoms with van der Waals surface area (Å²) in [5.41, 5.74) is 5.50. The molecule has 42 heavy (non-hydrogen) atoms. The number of rotatable bonds is 6. The van der Waals surface area contributed by atoms with Gasteiger partial charge in [0.05, 0.1) is 34.4 Å². The van der Waals surface area contributed by atoms with Gasteiger partial charge in [-0.25, -0.2) is 4.79 Å². The molecule has 0 radical (unpaired) electrons. The number of halogens is 3. The normalized spacial score (nSPS) is 18.5. The lowest BCUT2D eigenvalue weighted by Crippen LogP contribution is -2.42. The van der Waals surface area contributed by atoms with E-state index in [1.807, 2.05) is 48.7 Å². The Balaban J connectivity index is 1.52. The Hall–Kier alpha value is -3.62. The average molecular weight is 622 g/mol. The van der Waals surface area contributed by atoms with Gasteiger partial charge in [-0.05, 0) is 47.0 Å². The SMILES string of the molecule is COC(=O)C1CN(Cc2cccnc2)CC1c1cc(-c2ccccc2Cl)c2c(c1)N(c1c(Cl)cccc1Cl)C(=O)NC2. The van der Waals surface area contributed by atoms with Crippen LogP contribution in [0.5, 0.6) is 0 Å². The van der Waals surface area contributed by atoms with Gasteiger partial charge in [-0.15, -0.1) is 0 Å². The Labute approximate surface area is 259 Å². The maximum absolute atomic E-state index is 13.5. The summed E-state index contributed by atoms with van der Waals surface area (Å²) >= 11 is 20.0. The lowest BCUT2D eigenvalue weighted by atomic mass is 9.84. The molecule has 1 aromatic heterocycles. The van der Waals surface area contributed by atoms with Gasteiger partial charge in [-0.3, -0.25) is 19.6 Å². The van der Waals surface area contributed by atoms with Crippen molar-refractivity contribution in [2.45, 2.75) is 19.0 Å². The Morgan fingerprint density at radius 1 is 0.976 bits per heavy atom. The number of likely N-dealkylation sites (tertiary alicyclic amines) is 1. The van der Waals surface area contributed by atoms with Crippen LogP contribution in [0.3, 0.4) is 0 Å². The van der Waals surface area contributed by atoms with Crippen LogP contribution in [-0.2, 0) is 22.6 Å². The van der Waals surface area contributed by atoms with Gasteiger partial charge in [0.25, 0.3) is 0 Å². The van der Waals surface area contributed by atoms with Crippen molar-refractivity contribution in [3.8, 4) is 11.1 Å². The number of urea groups is 1. The molecule has 0 saturated carbocycles. The van der Waals surface area contributed by atoms with E-state index in [4.69, 9.17) is 39.5 Å². The fourth-order valence-electron chi connectivity index (χ4n) is 5.97. The molecular formula is C32H27Cl3N4O3. The Kier molecular flexibility index (Phi) is 8.10. The highest BCUT2D eigenvalue weighted by atomic mass is 35.5. The minimum atomic E-state index is -0.418. The summed E-state index contributed by atoms with van der Waals surface area (Å²) < 4.78 is 5.26.